The first-order valence-electron chi connectivity index (χ1n) is 6.44. The molecule has 1 fully saturated rings. The number of ether oxygens (including phenoxy) is 1. The summed E-state index contributed by atoms with van der Waals surface area (Å²) in [6.45, 7) is 1.62. The zero-order valence-corrected chi connectivity index (χ0v) is 10.4. The van der Waals surface area contributed by atoms with E-state index in [1.807, 2.05) is 12.1 Å². The molecule has 1 aliphatic heterocycles. The van der Waals surface area contributed by atoms with Crippen molar-refractivity contribution in [1.82, 2.24) is 4.98 Å². The quantitative estimate of drug-likeness (QED) is 0.803. The van der Waals surface area contributed by atoms with Gasteiger partial charge in [0.2, 0.25) is 0 Å². The minimum absolute atomic E-state index is 0.182. The van der Waals surface area contributed by atoms with Crippen molar-refractivity contribution < 1.29 is 14.6 Å². The predicted molar refractivity (Wildman–Crippen MR) is 67.4 cm³/mol. The van der Waals surface area contributed by atoms with Crippen LogP contribution in [-0.4, -0.2) is 35.7 Å². The van der Waals surface area contributed by atoms with Crippen LogP contribution in [0.3, 0.4) is 0 Å². The highest BCUT2D eigenvalue weighted by molar-refractivity contribution is 5.50. The zero-order valence-electron chi connectivity index (χ0n) is 10.4. The van der Waals surface area contributed by atoms with Crippen molar-refractivity contribution >= 4 is 6.29 Å². The molecule has 4 nitrogen and oxygen atoms in total. The number of pyridine rings is 1. The van der Waals surface area contributed by atoms with Crippen molar-refractivity contribution in [2.24, 2.45) is 0 Å². The Hall–Kier alpha value is -1.26. The van der Waals surface area contributed by atoms with Crippen LogP contribution in [0.15, 0.2) is 18.3 Å². The number of hydrogen-bond acceptors (Lipinski definition) is 4. The van der Waals surface area contributed by atoms with Gasteiger partial charge in [0.25, 0.3) is 0 Å². The molecule has 1 saturated heterocycles. The average Bonchev–Trinajstić information content (AvgIpc) is 2.41. The summed E-state index contributed by atoms with van der Waals surface area (Å²) in [4.78, 5) is 14.7. The van der Waals surface area contributed by atoms with E-state index in [1.165, 1.54) is 0 Å². The summed E-state index contributed by atoms with van der Waals surface area (Å²) in [5, 5.41) is 9.55. The molecule has 1 atom stereocenters. The Balaban J connectivity index is 1.94. The first kappa shape index (κ1) is 13.2. The number of aliphatic hydroxyl groups excluding tert-OH is 1. The van der Waals surface area contributed by atoms with Gasteiger partial charge in [0.05, 0.1) is 6.10 Å². The molecule has 0 radical (unpaired) electrons. The number of aliphatic hydroxyl groups is 1. The summed E-state index contributed by atoms with van der Waals surface area (Å²) < 4.78 is 5.33. The summed E-state index contributed by atoms with van der Waals surface area (Å²) in [5.41, 5.74) is 2.08. The van der Waals surface area contributed by atoms with Gasteiger partial charge in [-0.05, 0) is 24.5 Å². The lowest BCUT2D eigenvalue weighted by Crippen LogP contribution is -2.15. The van der Waals surface area contributed by atoms with E-state index < -0.39 is 6.10 Å². The standard InChI is InChI=1S/C14H19NO3/c16-6-3-13(17)9-11-1-2-14(15-10-11)12-4-7-18-8-5-12/h1-2,6,10,12-13,17H,3-5,7-9H2. The average molecular weight is 249 g/mol. The summed E-state index contributed by atoms with van der Waals surface area (Å²) >= 11 is 0. The normalized spacial score (nSPS) is 18.5. The van der Waals surface area contributed by atoms with Gasteiger partial charge in [-0.3, -0.25) is 4.98 Å². The second kappa shape index (κ2) is 6.61. The van der Waals surface area contributed by atoms with Gasteiger partial charge in [-0.2, -0.15) is 0 Å². The van der Waals surface area contributed by atoms with Crippen LogP contribution >= 0.6 is 0 Å². The highest BCUT2D eigenvalue weighted by Crippen LogP contribution is 2.25. The minimum Gasteiger partial charge on any atom is -0.392 e. The third-order valence-electron chi connectivity index (χ3n) is 3.33. The molecular weight excluding hydrogens is 230 g/mol. The maximum Gasteiger partial charge on any atom is 0.122 e. The van der Waals surface area contributed by atoms with E-state index >= 15 is 0 Å². The van der Waals surface area contributed by atoms with Crippen molar-refractivity contribution in [1.29, 1.82) is 0 Å². The summed E-state index contributed by atoms with van der Waals surface area (Å²) in [6, 6.07) is 4.02. The van der Waals surface area contributed by atoms with Crippen LogP contribution in [0.5, 0.6) is 0 Å². The van der Waals surface area contributed by atoms with Crippen LogP contribution < -0.4 is 0 Å². The molecule has 18 heavy (non-hydrogen) atoms. The van der Waals surface area contributed by atoms with E-state index in [0.29, 0.717) is 12.3 Å². The number of carbonyl (C=O) groups is 1. The number of carbonyl (C=O) groups excluding carboxylic acids is 1. The zero-order chi connectivity index (χ0) is 12.8. The topological polar surface area (TPSA) is 59.4 Å². The Labute approximate surface area is 107 Å². The van der Waals surface area contributed by atoms with Crippen molar-refractivity contribution in [2.75, 3.05) is 13.2 Å². The molecule has 2 rings (SSSR count). The second-order valence-electron chi connectivity index (χ2n) is 4.74. The van der Waals surface area contributed by atoms with Crippen LogP contribution in [0.2, 0.25) is 0 Å². The Kier molecular flexibility index (Phi) is 4.84. The first-order valence-corrected chi connectivity index (χ1v) is 6.44. The van der Waals surface area contributed by atoms with E-state index in [0.717, 1.165) is 43.6 Å². The van der Waals surface area contributed by atoms with E-state index in [2.05, 4.69) is 4.98 Å². The van der Waals surface area contributed by atoms with Gasteiger partial charge >= 0.3 is 0 Å². The molecule has 0 aromatic carbocycles. The van der Waals surface area contributed by atoms with Crippen LogP contribution in [0.25, 0.3) is 0 Å². The summed E-state index contributed by atoms with van der Waals surface area (Å²) in [6.07, 6.45) is 4.67. The monoisotopic (exact) mass is 249 g/mol. The third kappa shape index (κ3) is 3.62. The molecule has 0 amide bonds. The van der Waals surface area contributed by atoms with Crippen molar-refractivity contribution in [2.45, 2.75) is 37.7 Å². The number of aldehydes is 1. The Morgan fingerprint density at radius 2 is 2.22 bits per heavy atom. The van der Waals surface area contributed by atoms with Crippen LogP contribution in [0.4, 0.5) is 0 Å². The first-order chi connectivity index (χ1) is 8.79. The fourth-order valence-corrected chi connectivity index (χ4v) is 2.26. The SMILES string of the molecule is O=CCC(O)Cc1ccc(C2CCOCC2)nc1. The lowest BCUT2D eigenvalue weighted by Gasteiger charge is -2.21. The molecule has 2 heterocycles. The van der Waals surface area contributed by atoms with Crippen LogP contribution in [-0.2, 0) is 16.0 Å². The number of rotatable bonds is 5. The molecule has 0 aliphatic carbocycles. The molecule has 1 aromatic heterocycles. The van der Waals surface area contributed by atoms with Crippen LogP contribution in [0.1, 0.15) is 36.4 Å². The van der Waals surface area contributed by atoms with Crippen molar-refractivity contribution in [3.63, 3.8) is 0 Å². The fourth-order valence-electron chi connectivity index (χ4n) is 2.26. The van der Waals surface area contributed by atoms with E-state index in [9.17, 15) is 9.90 Å². The van der Waals surface area contributed by atoms with E-state index in [4.69, 9.17) is 4.74 Å². The van der Waals surface area contributed by atoms with Gasteiger partial charge in [0.1, 0.15) is 6.29 Å². The molecule has 0 spiro atoms. The molecule has 4 heteroatoms. The fraction of sp³-hybridized carbons (Fsp3) is 0.571. The molecule has 98 valence electrons. The summed E-state index contributed by atoms with van der Waals surface area (Å²) in [7, 11) is 0. The maximum absolute atomic E-state index is 10.3. The largest absolute Gasteiger partial charge is 0.392 e. The van der Waals surface area contributed by atoms with Crippen molar-refractivity contribution in [3.8, 4) is 0 Å². The lowest BCUT2D eigenvalue weighted by atomic mass is 9.95. The molecule has 1 aromatic rings. The maximum atomic E-state index is 10.3. The molecule has 0 saturated carbocycles. The summed E-state index contributed by atoms with van der Waals surface area (Å²) in [5.74, 6) is 0.493. The minimum atomic E-state index is -0.599. The van der Waals surface area contributed by atoms with Gasteiger partial charge in [-0.25, -0.2) is 0 Å². The number of nitrogens with zero attached hydrogens (tertiary/aromatic N) is 1. The number of aromatic nitrogens is 1. The molecule has 1 unspecified atom stereocenters. The molecular formula is C14H19NO3. The molecule has 0 bridgehead atoms. The lowest BCUT2D eigenvalue weighted by molar-refractivity contribution is -0.109. The molecule has 1 aliphatic rings. The Morgan fingerprint density at radius 1 is 1.44 bits per heavy atom. The molecule has 1 N–H and O–H groups in total. The van der Waals surface area contributed by atoms with Gasteiger partial charge in [0.15, 0.2) is 0 Å². The Morgan fingerprint density at radius 3 is 2.83 bits per heavy atom. The smallest absolute Gasteiger partial charge is 0.122 e. The number of hydrogen-bond donors (Lipinski definition) is 1. The van der Waals surface area contributed by atoms with Crippen LogP contribution in [0, 0.1) is 0 Å². The predicted octanol–water partition coefficient (Wildman–Crippen LogP) is 1.47. The van der Waals surface area contributed by atoms with Crippen molar-refractivity contribution in [3.05, 3.63) is 29.6 Å². The third-order valence-corrected chi connectivity index (χ3v) is 3.33. The van der Waals surface area contributed by atoms with Gasteiger partial charge in [-0.15, -0.1) is 0 Å². The van der Waals surface area contributed by atoms with Gasteiger partial charge in [-0.1, -0.05) is 6.07 Å². The highest BCUT2D eigenvalue weighted by Gasteiger charge is 2.17. The van der Waals surface area contributed by atoms with E-state index in [1.54, 1.807) is 6.20 Å². The van der Waals surface area contributed by atoms with Gasteiger partial charge in [0, 0.05) is 43.9 Å². The Bertz CT molecular complexity index is 371. The van der Waals surface area contributed by atoms with Gasteiger partial charge < -0.3 is 14.6 Å². The highest BCUT2D eigenvalue weighted by atomic mass is 16.5. The second-order valence-corrected chi connectivity index (χ2v) is 4.74. The van der Waals surface area contributed by atoms with E-state index in [-0.39, 0.29) is 6.42 Å².